The fourth-order valence-electron chi connectivity index (χ4n) is 2.92. The van der Waals surface area contributed by atoms with E-state index < -0.39 is 0 Å². The van der Waals surface area contributed by atoms with Crippen molar-refractivity contribution in [3.8, 4) is 0 Å². The summed E-state index contributed by atoms with van der Waals surface area (Å²) in [6, 6.07) is 15.4. The predicted molar refractivity (Wildman–Crippen MR) is 105 cm³/mol. The monoisotopic (exact) mass is 364 g/mol. The number of piperazine rings is 1. The van der Waals surface area contributed by atoms with E-state index in [9.17, 15) is 9.59 Å². The molecule has 1 fully saturated rings. The number of carbonyl (C=O) groups is 2. The molecule has 0 bridgehead atoms. The Morgan fingerprint density at radius 3 is 2.44 bits per heavy atom. The molecule has 0 atom stereocenters. The highest BCUT2D eigenvalue weighted by atomic mass is 16.2. The number of nitrogens with zero attached hydrogens (tertiary/aromatic N) is 3. The molecule has 1 aliphatic heterocycles. The van der Waals surface area contributed by atoms with E-state index in [2.05, 4.69) is 15.2 Å². The van der Waals surface area contributed by atoms with Crippen LogP contribution in [0.4, 0.5) is 0 Å². The molecule has 27 heavy (non-hydrogen) atoms. The number of carbonyl (C=O) groups excluding carboxylic acids is 2. The van der Waals surface area contributed by atoms with Crippen LogP contribution in [0.15, 0.2) is 60.8 Å². The lowest BCUT2D eigenvalue weighted by Gasteiger charge is -2.33. The molecule has 0 aliphatic carbocycles. The number of hydrogen-bond acceptors (Lipinski definition) is 4. The fourth-order valence-corrected chi connectivity index (χ4v) is 2.92. The first-order valence-electron chi connectivity index (χ1n) is 9.12. The molecule has 6 heteroatoms. The molecule has 2 aromatic rings. The molecule has 2 heterocycles. The van der Waals surface area contributed by atoms with Crippen LogP contribution in [0.25, 0.3) is 6.08 Å². The van der Waals surface area contributed by atoms with Crippen molar-refractivity contribution < 1.29 is 9.59 Å². The largest absolute Gasteiger partial charge is 0.351 e. The van der Waals surface area contributed by atoms with Gasteiger partial charge in [-0.15, -0.1) is 0 Å². The van der Waals surface area contributed by atoms with Crippen molar-refractivity contribution in [3.05, 3.63) is 72.1 Å². The molecule has 2 amide bonds. The van der Waals surface area contributed by atoms with Crippen molar-refractivity contribution in [2.24, 2.45) is 0 Å². The van der Waals surface area contributed by atoms with Gasteiger partial charge in [0.05, 0.1) is 12.2 Å². The second-order valence-corrected chi connectivity index (χ2v) is 6.45. The van der Waals surface area contributed by atoms with E-state index in [1.807, 2.05) is 48.5 Å². The van der Waals surface area contributed by atoms with Crippen LogP contribution in [-0.2, 0) is 16.1 Å². The fraction of sp³-hybridized carbons (Fsp3) is 0.286. The van der Waals surface area contributed by atoms with Crippen LogP contribution in [0, 0.1) is 0 Å². The number of rotatable bonds is 6. The first-order chi connectivity index (χ1) is 13.2. The predicted octanol–water partition coefficient (Wildman–Crippen LogP) is 1.56. The van der Waals surface area contributed by atoms with Crippen molar-refractivity contribution in [1.82, 2.24) is 20.1 Å². The Bertz CT molecular complexity index is 769. The Hall–Kier alpha value is -2.99. The number of benzene rings is 1. The molecule has 1 aromatic heterocycles. The summed E-state index contributed by atoms with van der Waals surface area (Å²) < 4.78 is 0. The average molecular weight is 364 g/mol. The van der Waals surface area contributed by atoms with Gasteiger partial charge in [-0.25, -0.2) is 0 Å². The van der Waals surface area contributed by atoms with Gasteiger partial charge in [0.25, 0.3) is 0 Å². The summed E-state index contributed by atoms with van der Waals surface area (Å²) in [7, 11) is 0. The maximum Gasteiger partial charge on any atom is 0.246 e. The van der Waals surface area contributed by atoms with Crippen LogP contribution in [0.1, 0.15) is 11.3 Å². The van der Waals surface area contributed by atoms with Gasteiger partial charge in [-0.3, -0.25) is 19.5 Å². The number of pyridine rings is 1. The number of amides is 2. The molecule has 0 radical (unpaired) electrons. The third kappa shape index (κ3) is 6.04. The molecule has 6 nitrogen and oxygen atoms in total. The van der Waals surface area contributed by atoms with Gasteiger partial charge in [-0.1, -0.05) is 36.4 Å². The zero-order valence-electron chi connectivity index (χ0n) is 15.3. The molecule has 1 aromatic carbocycles. The van der Waals surface area contributed by atoms with E-state index >= 15 is 0 Å². The van der Waals surface area contributed by atoms with Crippen molar-refractivity contribution in [1.29, 1.82) is 0 Å². The second kappa shape index (κ2) is 9.64. The third-order valence-corrected chi connectivity index (χ3v) is 4.47. The van der Waals surface area contributed by atoms with E-state index in [-0.39, 0.29) is 11.8 Å². The SMILES string of the molecule is O=C(CN1CCN(C(=O)/C=C/c2ccccn2)CC1)NCc1ccccc1. The molecular weight excluding hydrogens is 340 g/mol. The molecule has 140 valence electrons. The quantitative estimate of drug-likeness (QED) is 0.790. The van der Waals surface area contributed by atoms with Gasteiger partial charge in [0.2, 0.25) is 11.8 Å². The number of aromatic nitrogens is 1. The molecule has 0 spiro atoms. The van der Waals surface area contributed by atoms with Gasteiger partial charge >= 0.3 is 0 Å². The van der Waals surface area contributed by atoms with E-state index in [1.54, 1.807) is 23.2 Å². The molecule has 0 unspecified atom stereocenters. The summed E-state index contributed by atoms with van der Waals surface area (Å²) in [5.41, 5.74) is 1.85. The minimum absolute atomic E-state index is 0.00803. The maximum atomic E-state index is 12.3. The second-order valence-electron chi connectivity index (χ2n) is 6.45. The highest BCUT2D eigenvalue weighted by molar-refractivity contribution is 5.91. The molecule has 3 rings (SSSR count). The van der Waals surface area contributed by atoms with Crippen LogP contribution in [0.3, 0.4) is 0 Å². The summed E-state index contributed by atoms with van der Waals surface area (Å²) in [5, 5.41) is 2.94. The Balaban J connectivity index is 1.38. The maximum absolute atomic E-state index is 12.3. The normalized spacial score (nSPS) is 15.0. The van der Waals surface area contributed by atoms with Crippen molar-refractivity contribution in [2.45, 2.75) is 6.54 Å². The number of nitrogens with one attached hydrogen (secondary N) is 1. The highest BCUT2D eigenvalue weighted by Crippen LogP contribution is 2.05. The van der Waals surface area contributed by atoms with Gasteiger partial charge in [0, 0.05) is 45.0 Å². The van der Waals surface area contributed by atoms with Crippen LogP contribution >= 0.6 is 0 Å². The molecular formula is C21H24N4O2. The number of hydrogen-bond donors (Lipinski definition) is 1. The molecule has 0 saturated carbocycles. The van der Waals surface area contributed by atoms with Crippen molar-refractivity contribution >= 4 is 17.9 Å². The van der Waals surface area contributed by atoms with Gasteiger partial charge in [-0.2, -0.15) is 0 Å². The van der Waals surface area contributed by atoms with Crippen LogP contribution < -0.4 is 5.32 Å². The molecule has 1 aliphatic rings. The highest BCUT2D eigenvalue weighted by Gasteiger charge is 2.21. The standard InChI is InChI=1S/C21H24N4O2/c26-20(23-16-18-6-2-1-3-7-18)17-24-12-14-25(15-13-24)21(27)10-9-19-8-4-5-11-22-19/h1-11H,12-17H2,(H,23,26)/b10-9+. The van der Waals surface area contributed by atoms with E-state index in [1.165, 1.54) is 0 Å². The van der Waals surface area contributed by atoms with Gasteiger partial charge < -0.3 is 10.2 Å². The average Bonchev–Trinajstić information content (AvgIpc) is 2.72. The Labute approximate surface area is 159 Å². The third-order valence-electron chi connectivity index (χ3n) is 4.47. The van der Waals surface area contributed by atoms with E-state index in [4.69, 9.17) is 0 Å². The topological polar surface area (TPSA) is 65.5 Å². The van der Waals surface area contributed by atoms with Gasteiger partial charge in [0.1, 0.15) is 0 Å². The lowest BCUT2D eigenvalue weighted by molar-refractivity contribution is -0.128. The minimum Gasteiger partial charge on any atom is -0.351 e. The van der Waals surface area contributed by atoms with E-state index in [0.717, 1.165) is 11.3 Å². The van der Waals surface area contributed by atoms with Crippen LogP contribution in [0.5, 0.6) is 0 Å². The van der Waals surface area contributed by atoms with Crippen molar-refractivity contribution in [2.75, 3.05) is 32.7 Å². The first kappa shape index (κ1) is 18.8. The summed E-state index contributed by atoms with van der Waals surface area (Å²) in [6.45, 7) is 3.54. The summed E-state index contributed by atoms with van der Waals surface area (Å²) in [6.07, 6.45) is 4.99. The van der Waals surface area contributed by atoms with Crippen LogP contribution in [-0.4, -0.2) is 59.3 Å². The van der Waals surface area contributed by atoms with Crippen LogP contribution in [0.2, 0.25) is 0 Å². The summed E-state index contributed by atoms with van der Waals surface area (Å²) in [4.78, 5) is 32.4. The molecule has 1 saturated heterocycles. The van der Waals surface area contributed by atoms with Gasteiger partial charge in [0.15, 0.2) is 0 Å². The lowest BCUT2D eigenvalue weighted by Crippen LogP contribution is -2.50. The first-order valence-corrected chi connectivity index (χ1v) is 9.12. The smallest absolute Gasteiger partial charge is 0.246 e. The summed E-state index contributed by atoms with van der Waals surface area (Å²) in [5.74, 6) is -0.0116. The van der Waals surface area contributed by atoms with E-state index in [0.29, 0.717) is 39.3 Å². The van der Waals surface area contributed by atoms with Gasteiger partial charge in [-0.05, 0) is 23.8 Å². The Kier molecular flexibility index (Phi) is 6.71. The Morgan fingerprint density at radius 1 is 1.00 bits per heavy atom. The zero-order valence-corrected chi connectivity index (χ0v) is 15.3. The Morgan fingerprint density at radius 2 is 1.74 bits per heavy atom. The minimum atomic E-state index is -0.0196. The summed E-state index contributed by atoms with van der Waals surface area (Å²) >= 11 is 0. The van der Waals surface area contributed by atoms with Crippen molar-refractivity contribution in [3.63, 3.8) is 0 Å². The lowest BCUT2D eigenvalue weighted by atomic mass is 10.2. The zero-order chi connectivity index (χ0) is 18.9. The molecule has 1 N–H and O–H groups in total.